The first-order chi connectivity index (χ1) is 4.85. The molecule has 1 rings (SSSR count). The Hall–Kier alpha value is -0.860. The average Bonchev–Trinajstić information content (AvgIpc) is 1.87. The monoisotopic (exact) mass is 144 g/mol. The molecule has 58 valence electrons. The van der Waals surface area contributed by atoms with Crippen molar-refractivity contribution in [2.45, 2.75) is 19.3 Å². The number of hydrogen-bond donors (Lipinski definition) is 0. The number of ether oxygens (including phenoxy) is 1. The van der Waals surface area contributed by atoms with Gasteiger partial charge < -0.3 is 9.53 Å². The number of rotatable bonds is 2. The summed E-state index contributed by atoms with van der Waals surface area (Å²) in [6.07, 6.45) is 4.61. The predicted molar refractivity (Wildman–Crippen MR) is 36.5 cm³/mol. The molecule has 0 atom stereocenters. The van der Waals surface area contributed by atoms with E-state index in [2.05, 4.69) is 4.74 Å². The van der Waals surface area contributed by atoms with E-state index in [0.717, 1.165) is 19.1 Å². The van der Waals surface area contributed by atoms with Crippen LogP contribution < -0.4 is 0 Å². The highest BCUT2D eigenvalue weighted by Crippen LogP contribution is 2.23. The number of methoxy groups -OCH3 is 1. The summed E-state index contributed by atoms with van der Waals surface area (Å²) in [4.78, 5) is 18.7. The fourth-order valence-electron chi connectivity index (χ4n) is 0.576. The van der Waals surface area contributed by atoms with Gasteiger partial charge in [0, 0.05) is 5.92 Å². The third-order valence-electron chi connectivity index (χ3n) is 1.44. The second kappa shape index (κ2) is 6.26. The van der Waals surface area contributed by atoms with Gasteiger partial charge >= 0.3 is 0 Å². The Morgan fingerprint density at radius 3 is 1.90 bits per heavy atom. The Labute approximate surface area is 60.4 Å². The average molecular weight is 144 g/mol. The molecule has 3 nitrogen and oxygen atoms in total. The maximum Gasteiger partial charge on any atom is 0.292 e. The number of carbonyl (C=O) groups is 2. The molecule has 0 aromatic rings. The molecule has 0 aromatic heterocycles. The quantitative estimate of drug-likeness (QED) is 0.538. The van der Waals surface area contributed by atoms with E-state index in [1.54, 1.807) is 0 Å². The van der Waals surface area contributed by atoms with Crippen molar-refractivity contribution >= 4 is 12.8 Å². The summed E-state index contributed by atoms with van der Waals surface area (Å²) in [5, 5.41) is 0. The van der Waals surface area contributed by atoms with Gasteiger partial charge in [0.2, 0.25) is 0 Å². The van der Waals surface area contributed by atoms with Crippen molar-refractivity contribution in [3.8, 4) is 0 Å². The fourth-order valence-corrected chi connectivity index (χ4v) is 0.576. The Bertz CT molecular complexity index is 97.0. The molecule has 0 aliphatic heterocycles. The molecule has 0 amide bonds. The lowest BCUT2D eigenvalue weighted by molar-refractivity contribution is -0.126. The molecule has 1 saturated carbocycles. The van der Waals surface area contributed by atoms with Gasteiger partial charge in [0.25, 0.3) is 6.47 Å². The minimum atomic E-state index is 0.375. The van der Waals surface area contributed by atoms with Crippen molar-refractivity contribution in [2.75, 3.05) is 7.11 Å². The summed E-state index contributed by atoms with van der Waals surface area (Å²) < 4.78 is 3.86. The van der Waals surface area contributed by atoms with Crippen molar-refractivity contribution in [3.63, 3.8) is 0 Å². The lowest BCUT2D eigenvalue weighted by Gasteiger charge is -2.17. The summed E-state index contributed by atoms with van der Waals surface area (Å²) in [5.41, 5.74) is 0. The third-order valence-corrected chi connectivity index (χ3v) is 1.44. The molecule has 1 fully saturated rings. The first-order valence-electron chi connectivity index (χ1n) is 3.27. The van der Waals surface area contributed by atoms with E-state index in [0.29, 0.717) is 12.4 Å². The molecule has 0 saturated heterocycles. The van der Waals surface area contributed by atoms with Crippen LogP contribution in [-0.4, -0.2) is 19.9 Å². The molecule has 0 unspecified atom stereocenters. The lowest BCUT2D eigenvalue weighted by atomic mass is 9.87. The van der Waals surface area contributed by atoms with Gasteiger partial charge in [-0.3, -0.25) is 4.79 Å². The largest absolute Gasteiger partial charge is 0.471 e. The van der Waals surface area contributed by atoms with Gasteiger partial charge in [-0.15, -0.1) is 0 Å². The maximum atomic E-state index is 9.79. The highest BCUT2D eigenvalue weighted by Gasteiger charge is 2.14. The third kappa shape index (κ3) is 4.06. The number of hydrogen-bond acceptors (Lipinski definition) is 3. The normalized spacial score (nSPS) is 15.7. The van der Waals surface area contributed by atoms with Gasteiger partial charge in [0.15, 0.2) is 0 Å². The molecule has 1 aliphatic rings. The van der Waals surface area contributed by atoms with Crippen LogP contribution in [0.2, 0.25) is 0 Å². The van der Waals surface area contributed by atoms with Gasteiger partial charge in [-0.2, -0.15) is 0 Å². The van der Waals surface area contributed by atoms with Crippen molar-refractivity contribution in [1.82, 2.24) is 0 Å². The van der Waals surface area contributed by atoms with E-state index in [1.165, 1.54) is 13.5 Å². The van der Waals surface area contributed by atoms with E-state index in [-0.39, 0.29) is 0 Å². The van der Waals surface area contributed by atoms with E-state index in [9.17, 15) is 4.79 Å². The standard InChI is InChI=1S/C5H8O.C2H4O2/c6-4-5-2-1-3-5;1-4-2-3/h4-5H,1-3H2;2H,1H3. The molecule has 3 heteroatoms. The van der Waals surface area contributed by atoms with Gasteiger partial charge in [-0.05, 0) is 12.8 Å². The van der Waals surface area contributed by atoms with Crippen LogP contribution in [0.3, 0.4) is 0 Å². The predicted octanol–water partition coefficient (Wildman–Crippen LogP) is 0.775. The molecule has 0 aromatic carbocycles. The summed E-state index contributed by atoms with van der Waals surface area (Å²) in [6.45, 7) is 0.375. The molecule has 0 N–H and O–H groups in total. The fraction of sp³-hybridized carbons (Fsp3) is 0.714. The Balaban J connectivity index is 0.000000180. The highest BCUT2D eigenvalue weighted by atomic mass is 16.5. The highest BCUT2D eigenvalue weighted by molar-refractivity contribution is 5.54. The second-order valence-electron chi connectivity index (χ2n) is 2.16. The molecule has 0 radical (unpaired) electrons. The number of aldehydes is 1. The first kappa shape index (κ1) is 9.14. The van der Waals surface area contributed by atoms with Crippen LogP contribution in [0, 0.1) is 5.92 Å². The zero-order valence-corrected chi connectivity index (χ0v) is 6.08. The molecular weight excluding hydrogens is 132 g/mol. The van der Waals surface area contributed by atoms with Crippen LogP contribution in [0.15, 0.2) is 0 Å². The molecule has 1 aliphatic carbocycles. The minimum Gasteiger partial charge on any atom is -0.471 e. The van der Waals surface area contributed by atoms with Crippen molar-refractivity contribution in [1.29, 1.82) is 0 Å². The lowest BCUT2D eigenvalue weighted by Crippen LogP contribution is -2.10. The van der Waals surface area contributed by atoms with E-state index in [1.807, 2.05) is 0 Å². The van der Waals surface area contributed by atoms with Gasteiger partial charge in [-0.1, -0.05) is 6.42 Å². The smallest absolute Gasteiger partial charge is 0.292 e. The Morgan fingerprint density at radius 2 is 1.90 bits per heavy atom. The number of carbonyl (C=O) groups excluding carboxylic acids is 2. The van der Waals surface area contributed by atoms with Crippen molar-refractivity contribution < 1.29 is 14.3 Å². The van der Waals surface area contributed by atoms with Crippen LogP contribution in [0.4, 0.5) is 0 Å². The molecular formula is C7H12O3. The van der Waals surface area contributed by atoms with E-state index >= 15 is 0 Å². The first-order valence-corrected chi connectivity index (χ1v) is 3.27. The molecule has 0 bridgehead atoms. The molecule has 0 heterocycles. The van der Waals surface area contributed by atoms with Crippen LogP contribution in [0.25, 0.3) is 0 Å². The molecule has 10 heavy (non-hydrogen) atoms. The second-order valence-corrected chi connectivity index (χ2v) is 2.16. The Kier molecular flexibility index (Phi) is 5.72. The van der Waals surface area contributed by atoms with Gasteiger partial charge in [-0.25, -0.2) is 0 Å². The zero-order chi connectivity index (χ0) is 7.82. The van der Waals surface area contributed by atoms with Crippen molar-refractivity contribution in [3.05, 3.63) is 0 Å². The van der Waals surface area contributed by atoms with E-state index < -0.39 is 0 Å². The van der Waals surface area contributed by atoms with Crippen molar-refractivity contribution in [2.24, 2.45) is 5.92 Å². The van der Waals surface area contributed by atoms with E-state index in [4.69, 9.17) is 4.79 Å². The summed E-state index contributed by atoms with van der Waals surface area (Å²) >= 11 is 0. The summed E-state index contributed by atoms with van der Waals surface area (Å²) in [5.74, 6) is 0.435. The Morgan fingerprint density at radius 1 is 1.40 bits per heavy atom. The summed E-state index contributed by atoms with van der Waals surface area (Å²) in [6, 6.07) is 0. The van der Waals surface area contributed by atoms with Gasteiger partial charge in [0.05, 0.1) is 7.11 Å². The van der Waals surface area contributed by atoms with Crippen LogP contribution in [0.5, 0.6) is 0 Å². The maximum absolute atomic E-state index is 9.79. The SMILES string of the molecule is COC=O.O=CC1CCC1. The van der Waals surface area contributed by atoms with Gasteiger partial charge in [0.1, 0.15) is 6.29 Å². The minimum absolute atomic E-state index is 0.375. The molecule has 0 spiro atoms. The van der Waals surface area contributed by atoms with Crippen LogP contribution >= 0.6 is 0 Å². The topological polar surface area (TPSA) is 43.4 Å². The summed E-state index contributed by atoms with van der Waals surface area (Å²) in [7, 11) is 1.31. The zero-order valence-electron chi connectivity index (χ0n) is 6.08. The van der Waals surface area contributed by atoms with Crippen LogP contribution in [0.1, 0.15) is 19.3 Å². The van der Waals surface area contributed by atoms with Crippen LogP contribution in [-0.2, 0) is 14.3 Å².